The number of hydrogen-bond donors (Lipinski definition) is 2. The third-order valence-corrected chi connectivity index (χ3v) is 3.91. The van der Waals surface area contributed by atoms with Crippen LogP contribution in [0.15, 0.2) is 10.6 Å². The maximum Gasteiger partial charge on any atom is 0.410 e. The van der Waals surface area contributed by atoms with Crippen molar-refractivity contribution in [3.8, 4) is 5.88 Å². The van der Waals surface area contributed by atoms with Crippen LogP contribution in [0.1, 0.15) is 46.8 Å². The predicted octanol–water partition coefficient (Wildman–Crippen LogP) is 2.08. The molecule has 2 N–H and O–H groups in total. The molecule has 0 saturated carbocycles. The van der Waals surface area contributed by atoms with Crippen LogP contribution in [-0.4, -0.2) is 65.0 Å². The molecule has 0 aliphatic rings. The summed E-state index contributed by atoms with van der Waals surface area (Å²) in [6.07, 6.45) is -0.448. The van der Waals surface area contributed by atoms with E-state index in [1.807, 2.05) is 13.8 Å². The van der Waals surface area contributed by atoms with Gasteiger partial charge in [0.05, 0.1) is 7.11 Å². The average Bonchev–Trinajstić information content (AvgIpc) is 3.04. The highest BCUT2D eigenvalue weighted by Gasteiger charge is 2.33. The van der Waals surface area contributed by atoms with E-state index in [1.54, 1.807) is 20.8 Å². The number of aliphatic carboxylic acids is 1. The van der Waals surface area contributed by atoms with E-state index in [0.717, 1.165) is 0 Å². The van der Waals surface area contributed by atoms with Crippen LogP contribution < -0.4 is 10.1 Å². The molecule has 0 aliphatic heterocycles. The Morgan fingerprint density at radius 1 is 1.31 bits per heavy atom. The summed E-state index contributed by atoms with van der Waals surface area (Å²) in [5.41, 5.74) is -0.723. The molecule has 0 spiro atoms. The number of rotatable bonds is 9. The predicted molar refractivity (Wildman–Crippen MR) is 104 cm³/mol. The van der Waals surface area contributed by atoms with Gasteiger partial charge < -0.3 is 24.4 Å². The normalized spacial score (nSPS) is 13.5. The molecule has 2 atom stereocenters. The first-order valence-electron chi connectivity index (χ1n) is 9.32. The Hall–Kier alpha value is -2.78. The zero-order valence-corrected chi connectivity index (χ0v) is 18.0. The van der Waals surface area contributed by atoms with Gasteiger partial charge >= 0.3 is 12.1 Å². The van der Waals surface area contributed by atoms with Gasteiger partial charge in [0.25, 0.3) is 5.88 Å². The smallest absolute Gasteiger partial charge is 0.410 e. The number of carbonyl (C=O) groups excluding carboxylic acids is 2. The standard InChI is InChI=1S/C19H31N3O7/c1-11(2)8-14(22(6)18(26)28-19(3,4)5)16(23)20-13(17(24)25)9-12-10-15(27-7)21-29-12/h10-11,13-14H,8-9H2,1-7H3,(H,20,23)(H,24,25). The first-order valence-corrected chi connectivity index (χ1v) is 9.32. The van der Waals surface area contributed by atoms with Gasteiger partial charge in [-0.3, -0.25) is 9.69 Å². The summed E-state index contributed by atoms with van der Waals surface area (Å²) in [5, 5.41) is 15.6. The Morgan fingerprint density at radius 2 is 1.93 bits per heavy atom. The van der Waals surface area contributed by atoms with Crippen molar-refractivity contribution >= 4 is 18.0 Å². The molecule has 0 radical (unpaired) electrons. The van der Waals surface area contributed by atoms with Gasteiger partial charge in [0, 0.05) is 19.5 Å². The zero-order chi connectivity index (χ0) is 22.4. The number of carbonyl (C=O) groups is 3. The molecule has 0 bridgehead atoms. The molecule has 10 nitrogen and oxygen atoms in total. The van der Waals surface area contributed by atoms with E-state index in [9.17, 15) is 19.5 Å². The lowest BCUT2D eigenvalue weighted by Crippen LogP contribution is -2.53. The quantitative estimate of drug-likeness (QED) is 0.629. The first kappa shape index (κ1) is 24.3. The Kier molecular flexibility index (Phi) is 8.47. The van der Waals surface area contributed by atoms with E-state index in [-0.39, 0.29) is 24.0 Å². The van der Waals surface area contributed by atoms with E-state index in [4.69, 9.17) is 14.0 Å². The highest BCUT2D eigenvalue weighted by molar-refractivity contribution is 5.89. The lowest BCUT2D eigenvalue weighted by Gasteiger charge is -2.31. The minimum absolute atomic E-state index is 0.0810. The molecular formula is C19H31N3O7. The number of carboxylic acid groups (broad SMARTS) is 1. The van der Waals surface area contributed by atoms with Crippen LogP contribution in [0.25, 0.3) is 0 Å². The molecule has 0 saturated heterocycles. The van der Waals surface area contributed by atoms with Gasteiger partial charge in [-0.25, -0.2) is 9.59 Å². The van der Waals surface area contributed by atoms with Crippen LogP contribution >= 0.6 is 0 Å². The molecule has 1 heterocycles. The largest absolute Gasteiger partial charge is 0.480 e. The van der Waals surface area contributed by atoms with Gasteiger partial charge in [-0.1, -0.05) is 13.8 Å². The number of carboxylic acids is 1. The van der Waals surface area contributed by atoms with E-state index < -0.39 is 35.7 Å². The maximum absolute atomic E-state index is 12.9. The number of nitrogens with one attached hydrogen (secondary N) is 1. The molecular weight excluding hydrogens is 382 g/mol. The second-order valence-corrected chi connectivity index (χ2v) is 8.18. The highest BCUT2D eigenvalue weighted by Crippen LogP contribution is 2.17. The third kappa shape index (κ3) is 8.00. The maximum atomic E-state index is 12.9. The van der Waals surface area contributed by atoms with Crippen molar-refractivity contribution in [2.45, 2.75) is 65.1 Å². The summed E-state index contributed by atoms with van der Waals surface area (Å²) in [6.45, 7) is 8.98. The van der Waals surface area contributed by atoms with E-state index in [0.29, 0.717) is 6.42 Å². The van der Waals surface area contributed by atoms with Crippen molar-refractivity contribution in [2.24, 2.45) is 5.92 Å². The lowest BCUT2D eigenvalue weighted by atomic mass is 10.0. The van der Waals surface area contributed by atoms with Gasteiger partial charge in [-0.15, -0.1) is 0 Å². The number of methoxy groups -OCH3 is 1. The van der Waals surface area contributed by atoms with Crippen LogP contribution in [0.2, 0.25) is 0 Å². The summed E-state index contributed by atoms with van der Waals surface area (Å²) in [5.74, 6) is -1.30. The van der Waals surface area contributed by atoms with E-state index in [1.165, 1.54) is 25.1 Å². The Labute approximate surface area is 170 Å². The number of amides is 2. The van der Waals surface area contributed by atoms with Gasteiger partial charge in [0.15, 0.2) is 0 Å². The number of hydrogen-bond acceptors (Lipinski definition) is 7. The van der Waals surface area contributed by atoms with E-state index >= 15 is 0 Å². The minimum Gasteiger partial charge on any atom is -0.480 e. The number of ether oxygens (including phenoxy) is 2. The van der Waals surface area contributed by atoms with Gasteiger partial charge in [-0.2, -0.15) is 0 Å². The van der Waals surface area contributed by atoms with Crippen molar-refractivity contribution in [1.82, 2.24) is 15.4 Å². The van der Waals surface area contributed by atoms with Crippen LogP contribution in [-0.2, 0) is 20.7 Å². The fourth-order valence-corrected chi connectivity index (χ4v) is 2.50. The second-order valence-electron chi connectivity index (χ2n) is 8.18. The van der Waals surface area contributed by atoms with Crippen molar-refractivity contribution in [2.75, 3.05) is 14.2 Å². The molecule has 2 unspecified atom stereocenters. The van der Waals surface area contributed by atoms with E-state index in [2.05, 4.69) is 10.5 Å². The summed E-state index contributed by atoms with van der Waals surface area (Å²) in [7, 11) is 2.86. The summed E-state index contributed by atoms with van der Waals surface area (Å²) < 4.78 is 15.2. The topological polar surface area (TPSA) is 131 Å². The fourth-order valence-electron chi connectivity index (χ4n) is 2.50. The average molecular weight is 413 g/mol. The number of nitrogens with zero attached hydrogens (tertiary/aromatic N) is 2. The Morgan fingerprint density at radius 3 is 2.38 bits per heavy atom. The monoisotopic (exact) mass is 413 g/mol. The first-order chi connectivity index (χ1) is 13.3. The fraction of sp³-hybridized carbons (Fsp3) is 0.684. The molecule has 0 aliphatic carbocycles. The Bertz CT molecular complexity index is 709. The molecule has 164 valence electrons. The van der Waals surface area contributed by atoms with Crippen LogP contribution in [0.5, 0.6) is 5.88 Å². The molecule has 1 rings (SSSR count). The molecule has 2 amide bonds. The third-order valence-electron chi connectivity index (χ3n) is 3.91. The van der Waals surface area contributed by atoms with Crippen molar-refractivity contribution < 1.29 is 33.5 Å². The summed E-state index contributed by atoms with van der Waals surface area (Å²) in [4.78, 5) is 38.1. The molecule has 29 heavy (non-hydrogen) atoms. The number of likely N-dealkylation sites (N-methyl/N-ethyl adjacent to an activating group) is 1. The molecule has 1 aromatic rings. The van der Waals surface area contributed by atoms with Gasteiger partial charge in [0.1, 0.15) is 23.4 Å². The van der Waals surface area contributed by atoms with Crippen molar-refractivity contribution in [1.29, 1.82) is 0 Å². The lowest BCUT2D eigenvalue weighted by molar-refractivity contribution is -0.142. The zero-order valence-electron chi connectivity index (χ0n) is 18.0. The number of aromatic nitrogens is 1. The second kappa shape index (κ2) is 10.1. The molecule has 0 fully saturated rings. The van der Waals surface area contributed by atoms with Crippen LogP contribution in [0.3, 0.4) is 0 Å². The van der Waals surface area contributed by atoms with Crippen molar-refractivity contribution in [3.63, 3.8) is 0 Å². The SMILES string of the molecule is COc1cc(CC(NC(=O)C(CC(C)C)N(C)C(=O)OC(C)(C)C)C(=O)O)on1. The highest BCUT2D eigenvalue weighted by atomic mass is 16.6. The van der Waals surface area contributed by atoms with Crippen molar-refractivity contribution in [3.05, 3.63) is 11.8 Å². The minimum atomic E-state index is -1.26. The summed E-state index contributed by atoms with van der Waals surface area (Å²) >= 11 is 0. The van der Waals surface area contributed by atoms with Crippen LogP contribution in [0.4, 0.5) is 4.79 Å². The van der Waals surface area contributed by atoms with Gasteiger partial charge in [-0.05, 0) is 38.3 Å². The molecule has 1 aromatic heterocycles. The molecule has 0 aromatic carbocycles. The van der Waals surface area contributed by atoms with Crippen LogP contribution in [0, 0.1) is 5.92 Å². The summed E-state index contributed by atoms with van der Waals surface area (Å²) in [6, 6.07) is -0.710. The Balaban J connectivity index is 2.95. The molecule has 10 heteroatoms. The van der Waals surface area contributed by atoms with Gasteiger partial charge in [0.2, 0.25) is 5.91 Å².